The zero-order valence-corrected chi connectivity index (χ0v) is 43.7. The topological polar surface area (TPSA) is 280 Å². The van der Waals surface area contributed by atoms with Crippen LogP contribution >= 0.6 is 0 Å². The Hall–Kier alpha value is -8.62. The number of alkyl carbamates (subject to hydrolysis) is 1. The summed E-state index contributed by atoms with van der Waals surface area (Å²) in [6, 6.07) is 28.3. The third-order valence-electron chi connectivity index (χ3n) is 14.6. The molecule has 2 aromatic heterocycles. The van der Waals surface area contributed by atoms with Crippen LogP contribution in [-0.2, 0) is 59.4 Å². The van der Waals surface area contributed by atoms with E-state index in [1.54, 1.807) is 85.3 Å². The number of fused-ring (bicyclic) bond motifs is 2. The average molecular weight is 1070 g/mol. The van der Waals surface area contributed by atoms with Crippen LogP contribution in [0.1, 0.15) is 59.5 Å². The van der Waals surface area contributed by atoms with Crippen LogP contribution in [0.25, 0.3) is 10.9 Å². The number of nitrogens with one attached hydrogen (secondary N) is 8. The number of amides is 7. The van der Waals surface area contributed by atoms with Crippen molar-refractivity contribution in [3.8, 4) is 5.75 Å². The number of benzene rings is 4. The van der Waals surface area contributed by atoms with E-state index in [1.165, 1.54) is 4.90 Å². The molecular weight excluding hydrogens is 1010 g/mol. The lowest BCUT2D eigenvalue weighted by atomic mass is 9.90. The maximum Gasteiger partial charge on any atom is 0.407 e. The lowest BCUT2D eigenvalue weighted by molar-refractivity contribution is -0.143. The minimum absolute atomic E-state index is 0.000343. The Morgan fingerprint density at radius 3 is 2.04 bits per heavy atom. The minimum atomic E-state index is -1.42. The number of carbonyl (C=O) groups is 7. The molecule has 0 saturated carbocycles. The summed E-state index contributed by atoms with van der Waals surface area (Å²) in [4.78, 5) is 113. The number of nitrogens with zero attached hydrogens (tertiary/aromatic N) is 2. The molecule has 10 N–H and O–H groups in total. The van der Waals surface area contributed by atoms with E-state index in [0.717, 1.165) is 29.3 Å². The van der Waals surface area contributed by atoms with Crippen LogP contribution in [0.2, 0.25) is 0 Å². The highest BCUT2D eigenvalue weighted by Crippen LogP contribution is 2.27. The Morgan fingerprint density at radius 1 is 0.658 bits per heavy atom. The van der Waals surface area contributed by atoms with Gasteiger partial charge in [-0.05, 0) is 90.4 Å². The Kier molecular flexibility index (Phi) is 18.6. The predicted molar refractivity (Wildman–Crippen MR) is 294 cm³/mol. The Morgan fingerprint density at radius 2 is 1.30 bits per heavy atom. The average Bonchev–Trinajstić information content (AvgIpc) is 4.19. The molecule has 4 aromatic carbocycles. The van der Waals surface area contributed by atoms with E-state index < -0.39 is 83.9 Å². The molecule has 3 aliphatic heterocycles. The van der Waals surface area contributed by atoms with Gasteiger partial charge in [0.25, 0.3) is 0 Å². The molecule has 20 heteroatoms. The molecule has 3 aliphatic rings. The van der Waals surface area contributed by atoms with Gasteiger partial charge in [0.05, 0.1) is 6.54 Å². The number of hydrogen-bond acceptors (Lipinski definition) is 12. The molecule has 3 saturated heterocycles. The van der Waals surface area contributed by atoms with Crippen LogP contribution < -0.4 is 47.7 Å². The molecule has 5 heterocycles. The second-order valence-corrected chi connectivity index (χ2v) is 20.3. The van der Waals surface area contributed by atoms with Crippen LogP contribution in [0.3, 0.4) is 0 Å². The quantitative estimate of drug-likeness (QED) is 0.0718. The molecule has 7 amide bonds. The van der Waals surface area contributed by atoms with Gasteiger partial charge in [-0.1, -0.05) is 97.1 Å². The summed E-state index contributed by atoms with van der Waals surface area (Å²) in [7, 11) is 0. The van der Waals surface area contributed by atoms with Crippen molar-refractivity contribution in [2.75, 3.05) is 32.7 Å². The molecule has 9 rings (SSSR count). The molecule has 6 aromatic rings. The van der Waals surface area contributed by atoms with Crippen molar-refractivity contribution in [1.82, 2.24) is 52.1 Å². The fraction of sp³-hybridized carbons (Fsp3) is 0.356. The first-order valence-corrected chi connectivity index (χ1v) is 26.9. The third-order valence-corrected chi connectivity index (χ3v) is 14.6. The summed E-state index contributed by atoms with van der Waals surface area (Å²) < 4.78 is 11.8. The van der Waals surface area contributed by atoms with Gasteiger partial charge in [0, 0.05) is 68.3 Å². The van der Waals surface area contributed by atoms with E-state index in [4.69, 9.17) is 15.2 Å². The maximum atomic E-state index is 15.4. The van der Waals surface area contributed by atoms with Crippen LogP contribution in [-0.4, -0.2) is 125 Å². The van der Waals surface area contributed by atoms with E-state index in [-0.39, 0.29) is 57.7 Å². The van der Waals surface area contributed by atoms with E-state index >= 15 is 28.8 Å². The molecule has 1 unspecified atom stereocenters. The first kappa shape index (κ1) is 55.1. The van der Waals surface area contributed by atoms with Crippen molar-refractivity contribution in [2.45, 2.75) is 93.9 Å². The van der Waals surface area contributed by atoms with E-state index in [2.05, 4.69) is 47.2 Å². The summed E-state index contributed by atoms with van der Waals surface area (Å²) in [6.45, 7) is 1.70. The first-order valence-electron chi connectivity index (χ1n) is 26.9. The molecular formula is C59H67N11O9. The van der Waals surface area contributed by atoms with Crippen LogP contribution in [0.5, 0.6) is 5.75 Å². The monoisotopic (exact) mass is 1070 g/mol. The van der Waals surface area contributed by atoms with Gasteiger partial charge >= 0.3 is 6.09 Å². The summed E-state index contributed by atoms with van der Waals surface area (Å²) in [5, 5.41) is 21.5. The van der Waals surface area contributed by atoms with Gasteiger partial charge in [-0.2, -0.15) is 0 Å². The number of nitrogens with two attached hydrogens (primary N) is 1. The Bertz CT molecular complexity index is 3050. The molecule has 0 radical (unpaired) electrons. The largest absolute Gasteiger partial charge is 0.489 e. The highest BCUT2D eigenvalue weighted by atomic mass is 16.6. The number of rotatable bonds is 15. The summed E-state index contributed by atoms with van der Waals surface area (Å²) in [5.41, 5.74) is 9.69. The van der Waals surface area contributed by atoms with Crippen LogP contribution in [0.4, 0.5) is 4.79 Å². The zero-order valence-electron chi connectivity index (χ0n) is 43.7. The lowest BCUT2D eigenvalue weighted by Gasteiger charge is -2.32. The normalized spacial score (nSPS) is 22.7. The van der Waals surface area contributed by atoms with Gasteiger partial charge < -0.3 is 62.3 Å². The Labute approximate surface area is 457 Å². The van der Waals surface area contributed by atoms with Gasteiger partial charge in [0.2, 0.25) is 35.4 Å². The van der Waals surface area contributed by atoms with Gasteiger partial charge in [0.15, 0.2) is 0 Å². The van der Waals surface area contributed by atoms with Crippen molar-refractivity contribution in [3.63, 3.8) is 0 Å². The standard InChI is InChI=1S/C59H67N11O9/c60-23-27-63-59(77)79-44-32-51-56(74)69-52(41-13-5-2-6-14-41)57(75)67-49(31-42-34-64-46-16-8-7-15-45(42)46)55(73)66-48(29-38-21-25-61-26-22-38)53(71)65-47(28-37-17-19-43(20-18-37)78-36-39-10-3-1-4-11-39)54(72)68-50(58(76)70(51)35-44)30-40-12-9-24-62-33-40/h1-20,24,33-34,38,44,47-52,61,64H,21-23,25-32,35-36,60H2,(H,63,77)(H,65,71)(H,66,73)(H,67,75)(H,68,72)(H,69,74)/t44?,47-,48-,49+,50-,51-,52-/m0/s1. The number of para-hydroxylation sites is 1. The molecule has 79 heavy (non-hydrogen) atoms. The van der Waals surface area contributed by atoms with E-state index in [1.807, 2.05) is 54.6 Å². The second-order valence-electron chi connectivity index (χ2n) is 20.3. The molecule has 0 spiro atoms. The zero-order chi connectivity index (χ0) is 55.1. The molecule has 0 bridgehead atoms. The smallest absolute Gasteiger partial charge is 0.407 e. The van der Waals surface area contributed by atoms with Crippen molar-refractivity contribution in [1.29, 1.82) is 0 Å². The third kappa shape index (κ3) is 14.7. The molecule has 3 fully saturated rings. The maximum absolute atomic E-state index is 15.4. The van der Waals surface area contributed by atoms with Crippen molar-refractivity contribution in [2.24, 2.45) is 11.7 Å². The summed E-state index contributed by atoms with van der Waals surface area (Å²) >= 11 is 0. The van der Waals surface area contributed by atoms with Gasteiger partial charge in [0.1, 0.15) is 54.7 Å². The molecule has 412 valence electrons. The Balaban J connectivity index is 1.11. The van der Waals surface area contributed by atoms with Crippen LogP contribution in [0.15, 0.2) is 140 Å². The molecule has 0 aliphatic carbocycles. The van der Waals surface area contributed by atoms with E-state index in [0.29, 0.717) is 47.7 Å². The number of aromatic nitrogens is 2. The number of H-pyrrole nitrogens is 1. The van der Waals surface area contributed by atoms with Gasteiger partial charge in [-0.25, -0.2) is 4.79 Å². The highest BCUT2D eigenvalue weighted by molar-refractivity contribution is 5.99. The van der Waals surface area contributed by atoms with Crippen molar-refractivity contribution in [3.05, 3.63) is 168 Å². The van der Waals surface area contributed by atoms with E-state index in [9.17, 15) is 4.79 Å². The number of piperidine rings is 1. The van der Waals surface area contributed by atoms with Crippen molar-refractivity contribution < 1.29 is 43.0 Å². The summed E-state index contributed by atoms with van der Waals surface area (Å²) in [5.74, 6) is -3.68. The minimum Gasteiger partial charge on any atom is -0.489 e. The fourth-order valence-corrected chi connectivity index (χ4v) is 10.5. The summed E-state index contributed by atoms with van der Waals surface area (Å²) in [6.07, 6.45) is 4.34. The predicted octanol–water partition coefficient (Wildman–Crippen LogP) is 3.02. The number of carbonyl (C=O) groups excluding carboxylic acids is 7. The van der Waals surface area contributed by atoms with Crippen molar-refractivity contribution >= 4 is 52.4 Å². The van der Waals surface area contributed by atoms with Gasteiger partial charge in [-0.3, -0.25) is 33.8 Å². The number of hydrogen-bond donors (Lipinski definition) is 9. The lowest BCUT2D eigenvalue weighted by Crippen LogP contribution is -2.61. The highest BCUT2D eigenvalue weighted by Gasteiger charge is 2.45. The number of ether oxygens (including phenoxy) is 2. The van der Waals surface area contributed by atoms with Crippen LogP contribution in [0, 0.1) is 5.92 Å². The number of pyridine rings is 1. The SMILES string of the molecule is NCCNC(=O)OC1C[C@H]2C(=O)N[C@@H](c3ccccc3)C(=O)N[C@H](Cc3c[nH]c4ccccc34)C(=O)N[C@@H](CC3CCNCC3)C(=O)N[C@@H](Cc3ccc(OCc4ccccc4)cc3)C(=O)N[C@@H](Cc3cccnc3)C(=O)N2C1. The van der Waals surface area contributed by atoms with Gasteiger partial charge in [-0.15, -0.1) is 0 Å². The number of aromatic amines is 1. The first-order chi connectivity index (χ1) is 38.5. The molecule has 20 nitrogen and oxygen atoms in total. The fourth-order valence-electron chi connectivity index (χ4n) is 10.5. The second kappa shape index (κ2) is 26.6. The molecule has 7 atom stereocenters.